The van der Waals surface area contributed by atoms with E-state index in [1.807, 2.05) is 6.07 Å². The lowest BCUT2D eigenvalue weighted by Crippen LogP contribution is -2.14. The van der Waals surface area contributed by atoms with Crippen LogP contribution in [-0.2, 0) is 10.0 Å². The first-order chi connectivity index (χ1) is 9.90. The van der Waals surface area contributed by atoms with E-state index in [9.17, 15) is 13.6 Å². The number of oxime groups is 1. The van der Waals surface area contributed by atoms with E-state index in [-0.39, 0.29) is 5.71 Å². The second kappa shape index (κ2) is 6.15. The number of nitrogens with zero attached hydrogens (tertiary/aromatic N) is 1. The number of hydrogen-bond donors (Lipinski definition) is 2. The molecule has 2 aromatic carbocycles. The first kappa shape index (κ1) is 15.3. The number of hydrogen-bond acceptors (Lipinski definition) is 4. The van der Waals surface area contributed by atoms with Crippen LogP contribution in [0.15, 0.2) is 53.7 Å². The third-order valence-corrected chi connectivity index (χ3v) is 3.51. The molecule has 0 aromatic heterocycles. The molecular weight excluding hydrogens is 312 g/mol. The molecule has 21 heavy (non-hydrogen) atoms. The molecule has 0 fully saturated rings. The maximum absolute atomic E-state index is 11.4. The molecule has 0 aliphatic heterocycles. The molecule has 0 saturated heterocycles. The highest BCUT2D eigenvalue weighted by Gasteiger charge is 2.15. The fourth-order valence-corrected chi connectivity index (χ4v) is 2.61. The molecule has 0 bridgehead atoms. The Morgan fingerprint density at radius 3 is 2.43 bits per heavy atom. The minimum atomic E-state index is -3.47. The van der Waals surface area contributed by atoms with Gasteiger partial charge < -0.3 is 5.21 Å². The van der Waals surface area contributed by atoms with Gasteiger partial charge in [-0.25, -0.2) is 8.42 Å². The fourth-order valence-electron chi connectivity index (χ4n) is 1.86. The number of sulfonamides is 1. The Labute approximate surface area is 127 Å². The van der Waals surface area contributed by atoms with Crippen LogP contribution in [0.2, 0.25) is 5.02 Å². The van der Waals surface area contributed by atoms with Crippen molar-refractivity contribution in [2.75, 3.05) is 11.0 Å². The summed E-state index contributed by atoms with van der Waals surface area (Å²) in [4.78, 5) is 0. The van der Waals surface area contributed by atoms with Crippen LogP contribution in [0.5, 0.6) is 0 Å². The summed E-state index contributed by atoms with van der Waals surface area (Å²) in [6.45, 7) is 0. The van der Waals surface area contributed by atoms with E-state index in [4.69, 9.17) is 11.6 Å². The molecule has 2 aromatic rings. The van der Waals surface area contributed by atoms with Crippen molar-refractivity contribution in [2.24, 2.45) is 5.16 Å². The zero-order valence-corrected chi connectivity index (χ0v) is 12.7. The Morgan fingerprint density at radius 2 is 1.86 bits per heavy atom. The fraction of sp³-hybridized carbons (Fsp3) is 0.0714. The first-order valence-corrected chi connectivity index (χ1v) is 8.23. The SMILES string of the molecule is CS(=O)(=O)Nc1ccc(Cl)cc1C(=NO)c1ccccc1. The monoisotopic (exact) mass is 324 g/mol. The van der Waals surface area contributed by atoms with Crippen molar-refractivity contribution < 1.29 is 13.6 Å². The van der Waals surface area contributed by atoms with Crippen molar-refractivity contribution in [2.45, 2.75) is 0 Å². The van der Waals surface area contributed by atoms with Crippen LogP contribution >= 0.6 is 11.6 Å². The zero-order chi connectivity index (χ0) is 15.5. The average Bonchev–Trinajstić information content (AvgIpc) is 2.42. The van der Waals surface area contributed by atoms with Crippen molar-refractivity contribution in [3.8, 4) is 0 Å². The number of benzene rings is 2. The molecule has 0 unspecified atom stereocenters. The lowest BCUT2D eigenvalue weighted by molar-refractivity contribution is 0.319. The maximum Gasteiger partial charge on any atom is 0.229 e. The van der Waals surface area contributed by atoms with Crippen molar-refractivity contribution in [1.82, 2.24) is 0 Å². The molecule has 5 nitrogen and oxygen atoms in total. The molecule has 0 amide bonds. The lowest BCUT2D eigenvalue weighted by atomic mass is 10.0. The third-order valence-electron chi connectivity index (χ3n) is 2.68. The van der Waals surface area contributed by atoms with Gasteiger partial charge in [0.15, 0.2) is 0 Å². The molecule has 0 heterocycles. The van der Waals surface area contributed by atoms with Gasteiger partial charge in [-0.05, 0) is 18.2 Å². The third kappa shape index (κ3) is 3.96. The molecule has 7 heteroatoms. The Morgan fingerprint density at radius 1 is 1.19 bits per heavy atom. The first-order valence-electron chi connectivity index (χ1n) is 5.96. The summed E-state index contributed by atoms with van der Waals surface area (Å²) in [5, 5.41) is 13.0. The number of rotatable bonds is 4. The predicted octanol–water partition coefficient (Wildman–Crippen LogP) is 2.94. The van der Waals surface area contributed by atoms with Crippen LogP contribution in [-0.4, -0.2) is 25.6 Å². The second-order valence-corrected chi connectivity index (χ2v) is 6.56. The van der Waals surface area contributed by atoms with Gasteiger partial charge in [0.2, 0.25) is 10.0 Å². The molecule has 0 aliphatic carbocycles. The van der Waals surface area contributed by atoms with Gasteiger partial charge in [-0.3, -0.25) is 4.72 Å². The van der Waals surface area contributed by atoms with Gasteiger partial charge in [-0.2, -0.15) is 0 Å². The normalized spacial score (nSPS) is 12.2. The second-order valence-electron chi connectivity index (χ2n) is 4.38. The van der Waals surface area contributed by atoms with E-state index in [0.29, 0.717) is 21.8 Å². The van der Waals surface area contributed by atoms with Gasteiger partial charge in [0.05, 0.1) is 11.9 Å². The summed E-state index contributed by atoms with van der Waals surface area (Å²) >= 11 is 5.96. The molecule has 2 rings (SSSR count). The van der Waals surface area contributed by atoms with Gasteiger partial charge in [-0.1, -0.05) is 47.1 Å². The predicted molar refractivity (Wildman–Crippen MR) is 83.8 cm³/mol. The van der Waals surface area contributed by atoms with E-state index in [1.54, 1.807) is 30.3 Å². The average molecular weight is 325 g/mol. The van der Waals surface area contributed by atoms with Gasteiger partial charge in [0.1, 0.15) is 5.71 Å². The highest BCUT2D eigenvalue weighted by atomic mass is 35.5. The van der Waals surface area contributed by atoms with Crippen LogP contribution in [0.25, 0.3) is 0 Å². The van der Waals surface area contributed by atoms with Crippen LogP contribution in [0, 0.1) is 0 Å². The topological polar surface area (TPSA) is 78.8 Å². The van der Waals surface area contributed by atoms with Crippen molar-refractivity contribution >= 4 is 33.0 Å². The summed E-state index contributed by atoms with van der Waals surface area (Å²) < 4.78 is 25.3. The molecule has 0 saturated carbocycles. The molecule has 0 spiro atoms. The highest BCUT2D eigenvalue weighted by molar-refractivity contribution is 7.92. The summed E-state index contributed by atoms with van der Waals surface area (Å²) in [6.07, 6.45) is 1.05. The Kier molecular flexibility index (Phi) is 4.50. The quantitative estimate of drug-likeness (QED) is 0.515. The molecule has 0 radical (unpaired) electrons. The van der Waals surface area contributed by atoms with E-state index in [0.717, 1.165) is 6.26 Å². The number of halogens is 1. The van der Waals surface area contributed by atoms with E-state index in [1.165, 1.54) is 12.1 Å². The van der Waals surface area contributed by atoms with E-state index >= 15 is 0 Å². The molecular formula is C14H13ClN2O3S. The van der Waals surface area contributed by atoms with Crippen LogP contribution < -0.4 is 4.72 Å². The van der Waals surface area contributed by atoms with Crippen LogP contribution in [0.3, 0.4) is 0 Å². The Balaban J connectivity index is 2.58. The van der Waals surface area contributed by atoms with Gasteiger partial charge in [0, 0.05) is 16.1 Å². The summed E-state index contributed by atoms with van der Waals surface area (Å²) in [5.74, 6) is 0. The molecule has 0 aliphatic rings. The smallest absolute Gasteiger partial charge is 0.229 e. The van der Waals surface area contributed by atoms with Crippen molar-refractivity contribution in [3.63, 3.8) is 0 Å². The number of nitrogens with one attached hydrogen (secondary N) is 1. The minimum Gasteiger partial charge on any atom is -0.410 e. The summed E-state index contributed by atoms with van der Waals surface area (Å²) in [5.41, 5.74) is 1.54. The maximum atomic E-state index is 11.4. The lowest BCUT2D eigenvalue weighted by Gasteiger charge is -2.12. The van der Waals surface area contributed by atoms with Gasteiger partial charge in [-0.15, -0.1) is 0 Å². The van der Waals surface area contributed by atoms with E-state index < -0.39 is 10.0 Å². The largest absolute Gasteiger partial charge is 0.410 e. The molecule has 2 N–H and O–H groups in total. The molecule has 0 atom stereocenters. The van der Waals surface area contributed by atoms with Crippen molar-refractivity contribution in [3.05, 3.63) is 64.7 Å². The van der Waals surface area contributed by atoms with Gasteiger partial charge >= 0.3 is 0 Å². The van der Waals surface area contributed by atoms with Crippen molar-refractivity contribution in [1.29, 1.82) is 0 Å². The Bertz CT molecular complexity index is 774. The summed E-state index contributed by atoms with van der Waals surface area (Å²) in [6, 6.07) is 13.5. The minimum absolute atomic E-state index is 0.226. The van der Waals surface area contributed by atoms with Gasteiger partial charge in [0.25, 0.3) is 0 Å². The van der Waals surface area contributed by atoms with E-state index in [2.05, 4.69) is 9.88 Å². The molecule has 110 valence electrons. The summed E-state index contributed by atoms with van der Waals surface area (Å²) in [7, 11) is -3.47. The highest BCUT2D eigenvalue weighted by Crippen LogP contribution is 2.25. The van der Waals surface area contributed by atoms with Crippen LogP contribution in [0.4, 0.5) is 5.69 Å². The zero-order valence-electron chi connectivity index (χ0n) is 11.1. The Hall–Kier alpha value is -2.05. The number of anilines is 1. The van der Waals surface area contributed by atoms with Crippen LogP contribution in [0.1, 0.15) is 11.1 Å². The standard InChI is InChI=1S/C14H13ClN2O3S/c1-21(19,20)17-13-8-7-11(15)9-12(13)14(16-18)10-5-3-2-4-6-10/h2-9,17-18H,1H3.